The van der Waals surface area contributed by atoms with E-state index in [0.29, 0.717) is 48.9 Å². The van der Waals surface area contributed by atoms with Gasteiger partial charge in [-0.3, -0.25) is 0 Å². The van der Waals surface area contributed by atoms with Crippen molar-refractivity contribution >= 4 is 17.4 Å². The topological polar surface area (TPSA) is 68.6 Å². The van der Waals surface area contributed by atoms with Crippen molar-refractivity contribution in [2.75, 3.05) is 36.4 Å². The zero-order valence-electron chi connectivity index (χ0n) is 16.5. The minimum atomic E-state index is -0.149. The third-order valence-corrected chi connectivity index (χ3v) is 5.01. The second kappa shape index (κ2) is 9.01. The van der Waals surface area contributed by atoms with Crippen molar-refractivity contribution in [2.45, 2.75) is 0 Å². The Bertz CT molecular complexity index is 1050. The fraction of sp³-hybridized carbons (Fsp3) is 0.167. The van der Waals surface area contributed by atoms with Gasteiger partial charge < -0.3 is 19.9 Å². The molecule has 0 saturated carbocycles. The largest absolute Gasteiger partial charge is 0.455 e. The fourth-order valence-corrected chi connectivity index (χ4v) is 3.41. The van der Waals surface area contributed by atoms with Crippen LogP contribution in [-0.2, 0) is 0 Å². The van der Waals surface area contributed by atoms with E-state index in [-0.39, 0.29) is 6.03 Å². The molecule has 1 heterocycles. The summed E-state index contributed by atoms with van der Waals surface area (Å²) in [5, 5.41) is 12.1. The van der Waals surface area contributed by atoms with Crippen LogP contribution in [0.25, 0.3) is 0 Å². The molecule has 1 saturated heterocycles. The van der Waals surface area contributed by atoms with E-state index >= 15 is 0 Å². The van der Waals surface area contributed by atoms with Crippen molar-refractivity contribution in [3.05, 3.63) is 84.4 Å². The third-order valence-electron chi connectivity index (χ3n) is 5.01. The van der Waals surface area contributed by atoms with Gasteiger partial charge in [0.2, 0.25) is 0 Å². The minimum absolute atomic E-state index is 0.149. The maximum Gasteiger partial charge on any atom is 0.322 e. The Balaban J connectivity index is 1.38. The van der Waals surface area contributed by atoms with Crippen LogP contribution in [0.3, 0.4) is 0 Å². The molecule has 6 nitrogen and oxygen atoms in total. The molecule has 0 radical (unpaired) electrons. The predicted molar refractivity (Wildman–Crippen MR) is 117 cm³/mol. The number of amides is 2. The van der Waals surface area contributed by atoms with Crippen LogP contribution in [0, 0.1) is 11.3 Å². The number of urea groups is 1. The molecular weight excluding hydrogens is 376 g/mol. The Kier molecular flexibility index (Phi) is 5.81. The van der Waals surface area contributed by atoms with Gasteiger partial charge in [-0.25, -0.2) is 4.79 Å². The maximum atomic E-state index is 12.8. The molecule has 30 heavy (non-hydrogen) atoms. The molecule has 6 heteroatoms. The van der Waals surface area contributed by atoms with Gasteiger partial charge in [0.1, 0.15) is 5.75 Å². The molecule has 0 spiro atoms. The normalized spacial score (nSPS) is 13.4. The second-order valence-corrected chi connectivity index (χ2v) is 6.98. The number of benzene rings is 3. The average Bonchev–Trinajstić information content (AvgIpc) is 2.81. The smallest absolute Gasteiger partial charge is 0.322 e. The van der Waals surface area contributed by atoms with E-state index in [0.717, 1.165) is 5.69 Å². The lowest BCUT2D eigenvalue weighted by Gasteiger charge is -2.36. The van der Waals surface area contributed by atoms with Crippen molar-refractivity contribution in [1.82, 2.24) is 4.90 Å². The van der Waals surface area contributed by atoms with Gasteiger partial charge in [-0.05, 0) is 42.5 Å². The Morgan fingerprint density at radius 1 is 0.900 bits per heavy atom. The number of nitrogens with one attached hydrogen (secondary N) is 1. The quantitative estimate of drug-likeness (QED) is 0.691. The number of anilines is 2. The number of hydrogen-bond acceptors (Lipinski definition) is 4. The summed E-state index contributed by atoms with van der Waals surface area (Å²) in [4.78, 5) is 16.8. The van der Waals surface area contributed by atoms with Crippen LogP contribution in [0.2, 0.25) is 0 Å². The molecule has 1 fully saturated rings. The van der Waals surface area contributed by atoms with Crippen molar-refractivity contribution in [3.8, 4) is 17.6 Å². The van der Waals surface area contributed by atoms with Crippen LogP contribution >= 0.6 is 0 Å². The molecule has 0 aromatic heterocycles. The molecule has 0 aliphatic carbocycles. The number of ether oxygens (including phenoxy) is 1. The molecular formula is C24H22N4O2. The summed E-state index contributed by atoms with van der Waals surface area (Å²) >= 11 is 0. The highest BCUT2D eigenvalue weighted by molar-refractivity contribution is 5.91. The predicted octanol–water partition coefficient (Wildman–Crippen LogP) is 4.70. The maximum absolute atomic E-state index is 12.8. The number of rotatable bonds is 4. The van der Waals surface area contributed by atoms with Crippen LogP contribution in [0.5, 0.6) is 11.5 Å². The summed E-state index contributed by atoms with van der Waals surface area (Å²) in [6, 6.07) is 26.5. The van der Waals surface area contributed by atoms with Gasteiger partial charge in [0, 0.05) is 31.9 Å². The standard InChI is InChI=1S/C24H22N4O2/c25-18-19-7-6-8-20(17-19)27-13-15-28(16-14-27)24(29)26-22-11-4-5-12-23(22)30-21-9-2-1-3-10-21/h1-12,17H,13-16H2,(H,26,29). The lowest BCUT2D eigenvalue weighted by atomic mass is 10.2. The van der Waals surface area contributed by atoms with Gasteiger partial charge in [-0.1, -0.05) is 36.4 Å². The summed E-state index contributed by atoms with van der Waals surface area (Å²) in [5.74, 6) is 1.32. The SMILES string of the molecule is N#Cc1cccc(N2CCN(C(=O)Nc3ccccc3Oc3ccccc3)CC2)c1. The zero-order valence-corrected chi connectivity index (χ0v) is 16.5. The minimum Gasteiger partial charge on any atom is -0.455 e. The molecule has 0 unspecified atom stereocenters. The molecule has 3 aromatic carbocycles. The van der Waals surface area contributed by atoms with E-state index in [9.17, 15) is 4.79 Å². The Labute approximate surface area is 175 Å². The number of piperazine rings is 1. The number of hydrogen-bond donors (Lipinski definition) is 1. The lowest BCUT2D eigenvalue weighted by molar-refractivity contribution is 0.208. The van der Waals surface area contributed by atoms with Gasteiger partial charge in [0.25, 0.3) is 0 Å². The van der Waals surface area contributed by atoms with E-state index < -0.39 is 0 Å². The van der Waals surface area contributed by atoms with E-state index in [2.05, 4.69) is 16.3 Å². The first kappa shape index (κ1) is 19.3. The van der Waals surface area contributed by atoms with Crippen LogP contribution in [0.15, 0.2) is 78.9 Å². The average molecular weight is 398 g/mol. The van der Waals surface area contributed by atoms with E-state index in [4.69, 9.17) is 10.00 Å². The number of para-hydroxylation sites is 3. The Morgan fingerprint density at radius 2 is 1.63 bits per heavy atom. The molecule has 4 rings (SSSR count). The number of carbonyl (C=O) groups excluding carboxylic acids is 1. The highest BCUT2D eigenvalue weighted by Crippen LogP contribution is 2.29. The lowest BCUT2D eigenvalue weighted by Crippen LogP contribution is -2.50. The molecule has 1 N–H and O–H groups in total. The van der Waals surface area contributed by atoms with Gasteiger partial charge in [0.05, 0.1) is 17.3 Å². The highest BCUT2D eigenvalue weighted by Gasteiger charge is 2.22. The monoisotopic (exact) mass is 398 g/mol. The summed E-state index contributed by atoms with van der Waals surface area (Å²) in [5.41, 5.74) is 2.29. The van der Waals surface area contributed by atoms with Crippen molar-refractivity contribution in [3.63, 3.8) is 0 Å². The molecule has 1 aliphatic heterocycles. The van der Waals surface area contributed by atoms with Gasteiger partial charge in [-0.2, -0.15) is 5.26 Å². The zero-order chi connectivity index (χ0) is 20.8. The third kappa shape index (κ3) is 4.53. The van der Waals surface area contributed by atoms with Crippen LogP contribution in [-0.4, -0.2) is 37.1 Å². The summed E-state index contributed by atoms with van der Waals surface area (Å²) in [6.07, 6.45) is 0. The first-order valence-corrected chi connectivity index (χ1v) is 9.86. The first-order chi connectivity index (χ1) is 14.7. The first-order valence-electron chi connectivity index (χ1n) is 9.86. The molecule has 0 bridgehead atoms. The highest BCUT2D eigenvalue weighted by atomic mass is 16.5. The fourth-order valence-electron chi connectivity index (χ4n) is 3.41. The number of nitrogens with zero attached hydrogens (tertiary/aromatic N) is 3. The van der Waals surface area contributed by atoms with Crippen LogP contribution < -0.4 is 15.0 Å². The Morgan fingerprint density at radius 3 is 2.40 bits per heavy atom. The van der Waals surface area contributed by atoms with Gasteiger partial charge >= 0.3 is 6.03 Å². The van der Waals surface area contributed by atoms with E-state index in [1.54, 1.807) is 11.0 Å². The van der Waals surface area contributed by atoms with Gasteiger partial charge in [0.15, 0.2) is 5.75 Å². The molecule has 150 valence electrons. The van der Waals surface area contributed by atoms with E-state index in [1.807, 2.05) is 72.8 Å². The summed E-state index contributed by atoms with van der Waals surface area (Å²) in [6.45, 7) is 2.63. The number of carbonyl (C=O) groups is 1. The summed E-state index contributed by atoms with van der Waals surface area (Å²) < 4.78 is 5.93. The Hall–Kier alpha value is -3.98. The van der Waals surface area contributed by atoms with Crippen molar-refractivity contribution in [2.24, 2.45) is 0 Å². The number of nitriles is 1. The van der Waals surface area contributed by atoms with E-state index in [1.165, 1.54) is 0 Å². The molecule has 1 aliphatic rings. The van der Waals surface area contributed by atoms with Crippen molar-refractivity contribution in [1.29, 1.82) is 5.26 Å². The van der Waals surface area contributed by atoms with Crippen molar-refractivity contribution < 1.29 is 9.53 Å². The molecule has 3 aromatic rings. The molecule has 0 atom stereocenters. The van der Waals surface area contributed by atoms with Crippen LogP contribution in [0.1, 0.15) is 5.56 Å². The molecule has 2 amide bonds. The van der Waals surface area contributed by atoms with Crippen LogP contribution in [0.4, 0.5) is 16.2 Å². The van der Waals surface area contributed by atoms with Gasteiger partial charge in [-0.15, -0.1) is 0 Å². The summed E-state index contributed by atoms with van der Waals surface area (Å²) in [7, 11) is 0. The second-order valence-electron chi connectivity index (χ2n) is 6.98.